The maximum absolute atomic E-state index is 12.7. The molecule has 164 valence electrons. The van der Waals surface area contributed by atoms with Gasteiger partial charge >= 0.3 is 5.97 Å². The Morgan fingerprint density at radius 3 is 2.55 bits per heavy atom. The number of ether oxygens (including phenoxy) is 3. The van der Waals surface area contributed by atoms with Gasteiger partial charge in [-0.25, -0.2) is 4.79 Å². The number of furan rings is 1. The van der Waals surface area contributed by atoms with Crippen molar-refractivity contribution in [3.63, 3.8) is 0 Å². The lowest BCUT2D eigenvalue weighted by molar-refractivity contribution is -0.123. The van der Waals surface area contributed by atoms with Gasteiger partial charge < -0.3 is 28.5 Å². The molecule has 0 saturated heterocycles. The van der Waals surface area contributed by atoms with Crippen LogP contribution in [0.2, 0.25) is 0 Å². The molecule has 2 heterocycles. The molecule has 0 spiro atoms. The number of methoxy groups -OCH3 is 2. The second kappa shape index (κ2) is 9.42. The summed E-state index contributed by atoms with van der Waals surface area (Å²) in [5, 5.41) is 2.71. The van der Waals surface area contributed by atoms with E-state index >= 15 is 0 Å². The topological polar surface area (TPSA) is 91.9 Å². The van der Waals surface area contributed by atoms with Gasteiger partial charge in [0.2, 0.25) is 0 Å². The summed E-state index contributed by atoms with van der Waals surface area (Å²) in [4.78, 5) is 25.4. The number of hydrogen-bond acceptors (Lipinski definition) is 6. The number of amides is 1. The van der Waals surface area contributed by atoms with Crippen molar-refractivity contribution in [1.82, 2.24) is 4.57 Å². The Hall–Kier alpha value is -3.68. The monoisotopic (exact) mass is 426 g/mol. The Morgan fingerprint density at radius 2 is 1.90 bits per heavy atom. The molecule has 0 aliphatic carbocycles. The highest BCUT2D eigenvalue weighted by atomic mass is 16.5. The molecule has 0 aliphatic heterocycles. The van der Waals surface area contributed by atoms with Crippen LogP contribution in [-0.4, -0.2) is 36.8 Å². The van der Waals surface area contributed by atoms with Gasteiger partial charge in [-0.1, -0.05) is 0 Å². The first-order valence-electron chi connectivity index (χ1n) is 9.77. The molecular weight excluding hydrogens is 400 g/mol. The van der Waals surface area contributed by atoms with Crippen molar-refractivity contribution in [3.8, 4) is 11.5 Å². The third-order valence-electron chi connectivity index (χ3n) is 5.01. The van der Waals surface area contributed by atoms with E-state index in [0.717, 1.165) is 17.1 Å². The minimum atomic E-state index is -1.02. The van der Waals surface area contributed by atoms with Gasteiger partial charge in [-0.3, -0.25) is 4.79 Å². The number of aryl methyl sites for hydroxylation is 1. The van der Waals surface area contributed by atoms with Crippen LogP contribution in [-0.2, 0) is 16.1 Å². The number of hydrogen-bond donors (Lipinski definition) is 1. The molecule has 3 rings (SSSR count). The summed E-state index contributed by atoms with van der Waals surface area (Å²) >= 11 is 0. The summed E-state index contributed by atoms with van der Waals surface area (Å²) in [5.74, 6) is 0.754. The Bertz CT molecular complexity index is 1070. The van der Waals surface area contributed by atoms with Crippen molar-refractivity contribution in [2.75, 3.05) is 19.5 Å². The second-order valence-corrected chi connectivity index (χ2v) is 7.05. The van der Waals surface area contributed by atoms with E-state index in [0.29, 0.717) is 29.3 Å². The molecule has 31 heavy (non-hydrogen) atoms. The largest absolute Gasteiger partial charge is 0.497 e. The first-order chi connectivity index (χ1) is 14.8. The van der Waals surface area contributed by atoms with Crippen LogP contribution in [0.15, 0.2) is 47.1 Å². The van der Waals surface area contributed by atoms with Crippen LogP contribution >= 0.6 is 0 Å². The molecule has 1 atom stereocenters. The smallest absolute Gasteiger partial charge is 0.340 e. The molecule has 0 bridgehead atoms. The van der Waals surface area contributed by atoms with Crippen molar-refractivity contribution in [2.45, 2.75) is 33.4 Å². The number of carbonyl (C=O) groups excluding carboxylic acids is 2. The zero-order valence-corrected chi connectivity index (χ0v) is 18.2. The van der Waals surface area contributed by atoms with Crippen LogP contribution in [0.5, 0.6) is 11.5 Å². The van der Waals surface area contributed by atoms with Crippen molar-refractivity contribution in [3.05, 3.63) is 65.4 Å². The third kappa shape index (κ3) is 4.91. The van der Waals surface area contributed by atoms with Crippen LogP contribution in [0.4, 0.5) is 5.69 Å². The van der Waals surface area contributed by atoms with Crippen molar-refractivity contribution < 1.29 is 28.2 Å². The lowest BCUT2D eigenvalue weighted by Crippen LogP contribution is -2.30. The van der Waals surface area contributed by atoms with Gasteiger partial charge in [0.05, 0.1) is 38.3 Å². The minimum absolute atomic E-state index is 0.405. The molecule has 1 amide bonds. The summed E-state index contributed by atoms with van der Waals surface area (Å²) in [6, 6.07) is 10.5. The lowest BCUT2D eigenvalue weighted by atomic mass is 10.2. The van der Waals surface area contributed by atoms with E-state index < -0.39 is 18.0 Å². The number of nitrogens with zero attached hydrogens (tertiary/aromatic N) is 1. The number of nitrogens with one attached hydrogen (secondary N) is 1. The summed E-state index contributed by atoms with van der Waals surface area (Å²) in [5.41, 5.74) is 2.45. The predicted molar refractivity (Wildman–Crippen MR) is 115 cm³/mol. The van der Waals surface area contributed by atoms with Gasteiger partial charge in [0, 0.05) is 17.5 Å². The number of aromatic nitrogens is 1. The molecule has 0 aliphatic rings. The highest BCUT2D eigenvalue weighted by Crippen LogP contribution is 2.29. The molecule has 0 saturated carbocycles. The standard InChI is InChI=1S/C23H26N2O6/c1-14-11-19(15(2)25(14)13-18-7-6-10-30-18)23(27)31-16(3)22(26)24-20-12-17(28-4)8-9-21(20)29-5/h6-12,16H,13H2,1-5H3,(H,24,26). The number of esters is 1. The molecule has 1 aromatic carbocycles. The van der Waals surface area contributed by atoms with Gasteiger partial charge in [0.15, 0.2) is 6.10 Å². The average Bonchev–Trinajstić information content (AvgIpc) is 3.37. The Morgan fingerprint density at radius 1 is 1.13 bits per heavy atom. The summed E-state index contributed by atoms with van der Waals surface area (Å²) in [7, 11) is 3.03. The quantitative estimate of drug-likeness (QED) is 0.549. The van der Waals surface area contributed by atoms with Gasteiger partial charge in [-0.05, 0) is 51.1 Å². The van der Waals surface area contributed by atoms with E-state index in [-0.39, 0.29) is 0 Å². The van der Waals surface area contributed by atoms with Crippen LogP contribution in [0, 0.1) is 13.8 Å². The maximum atomic E-state index is 12.7. The Labute approximate surface area is 180 Å². The zero-order valence-electron chi connectivity index (χ0n) is 18.2. The first kappa shape index (κ1) is 22.0. The summed E-state index contributed by atoms with van der Waals surface area (Å²) in [6.45, 7) is 5.75. The molecule has 0 radical (unpaired) electrons. The normalized spacial score (nSPS) is 11.6. The van der Waals surface area contributed by atoms with Gasteiger partial charge in [-0.2, -0.15) is 0 Å². The van der Waals surface area contributed by atoms with Gasteiger partial charge in [0.1, 0.15) is 17.3 Å². The van der Waals surface area contributed by atoms with E-state index in [4.69, 9.17) is 18.6 Å². The molecule has 1 unspecified atom stereocenters. The number of benzene rings is 1. The van der Waals surface area contributed by atoms with E-state index in [2.05, 4.69) is 5.32 Å². The maximum Gasteiger partial charge on any atom is 0.340 e. The summed E-state index contributed by atoms with van der Waals surface area (Å²) < 4.78 is 23.2. The van der Waals surface area contributed by atoms with Crippen LogP contribution in [0.3, 0.4) is 0 Å². The lowest BCUT2D eigenvalue weighted by Gasteiger charge is -2.16. The Kier molecular flexibility index (Phi) is 6.69. The fourth-order valence-electron chi connectivity index (χ4n) is 3.23. The molecule has 0 fully saturated rings. The zero-order chi connectivity index (χ0) is 22.5. The molecule has 8 nitrogen and oxygen atoms in total. The number of rotatable bonds is 8. The van der Waals surface area contributed by atoms with E-state index in [1.807, 2.05) is 30.5 Å². The van der Waals surface area contributed by atoms with Gasteiger partial charge in [0.25, 0.3) is 5.91 Å². The van der Waals surface area contributed by atoms with Crippen molar-refractivity contribution >= 4 is 17.6 Å². The average molecular weight is 426 g/mol. The first-order valence-corrected chi connectivity index (χ1v) is 9.77. The van der Waals surface area contributed by atoms with E-state index in [1.165, 1.54) is 21.1 Å². The Balaban J connectivity index is 1.70. The molecule has 1 N–H and O–H groups in total. The van der Waals surface area contributed by atoms with Crippen molar-refractivity contribution in [1.29, 1.82) is 0 Å². The van der Waals surface area contributed by atoms with Crippen LogP contribution in [0.1, 0.15) is 34.4 Å². The molecule has 8 heteroatoms. The second-order valence-electron chi connectivity index (χ2n) is 7.05. The summed E-state index contributed by atoms with van der Waals surface area (Å²) in [6.07, 6.45) is 0.590. The number of carbonyl (C=O) groups is 2. The van der Waals surface area contributed by atoms with E-state index in [1.54, 1.807) is 30.5 Å². The highest BCUT2D eigenvalue weighted by molar-refractivity contribution is 5.98. The fourth-order valence-corrected chi connectivity index (χ4v) is 3.23. The third-order valence-corrected chi connectivity index (χ3v) is 5.01. The van der Waals surface area contributed by atoms with Crippen LogP contribution in [0.25, 0.3) is 0 Å². The fraction of sp³-hybridized carbons (Fsp3) is 0.304. The molecule has 2 aromatic heterocycles. The SMILES string of the molecule is COc1ccc(OC)c(NC(=O)C(C)OC(=O)c2cc(C)n(Cc3ccco3)c2C)c1. The van der Waals surface area contributed by atoms with Crippen molar-refractivity contribution in [2.24, 2.45) is 0 Å². The highest BCUT2D eigenvalue weighted by Gasteiger charge is 2.23. The number of anilines is 1. The predicted octanol–water partition coefficient (Wildman–Crippen LogP) is 3.95. The van der Waals surface area contributed by atoms with Crippen LogP contribution < -0.4 is 14.8 Å². The van der Waals surface area contributed by atoms with E-state index in [9.17, 15) is 9.59 Å². The van der Waals surface area contributed by atoms with Gasteiger partial charge in [-0.15, -0.1) is 0 Å². The molecule has 3 aromatic rings. The molecular formula is C23H26N2O6. The minimum Gasteiger partial charge on any atom is -0.497 e.